The van der Waals surface area contributed by atoms with Crippen LogP contribution in [-0.2, 0) is 10.8 Å². The van der Waals surface area contributed by atoms with E-state index < -0.39 is 0 Å². The molecule has 1 nitrogen and oxygen atoms in total. The Labute approximate surface area is 284 Å². The summed E-state index contributed by atoms with van der Waals surface area (Å²) in [6.07, 6.45) is 6.08. The quantitative estimate of drug-likeness (QED) is 0.190. The van der Waals surface area contributed by atoms with Crippen molar-refractivity contribution >= 4 is 33.4 Å². The monoisotopic (exact) mass is 619 g/mol. The lowest BCUT2D eigenvalue weighted by Gasteiger charge is -2.29. The van der Waals surface area contributed by atoms with Crippen LogP contribution in [0.2, 0.25) is 0 Å². The Hall–Kier alpha value is -5.14. The van der Waals surface area contributed by atoms with Crippen LogP contribution in [0.4, 0.5) is 17.1 Å². The number of benzene rings is 6. The Morgan fingerprint density at radius 2 is 1.23 bits per heavy atom. The Morgan fingerprint density at radius 3 is 2.08 bits per heavy atom. The van der Waals surface area contributed by atoms with Gasteiger partial charge in [-0.3, -0.25) is 0 Å². The van der Waals surface area contributed by atoms with E-state index >= 15 is 0 Å². The Kier molecular flexibility index (Phi) is 6.31. The Bertz CT molecular complexity index is 2320. The second kappa shape index (κ2) is 10.4. The molecule has 0 N–H and O–H groups in total. The van der Waals surface area contributed by atoms with Gasteiger partial charge in [0.1, 0.15) is 0 Å². The normalized spacial score (nSPS) is 18.0. The zero-order valence-corrected chi connectivity index (χ0v) is 28.5. The Balaban J connectivity index is 1.16. The summed E-state index contributed by atoms with van der Waals surface area (Å²) in [6.45, 7) is 11.8. The lowest BCUT2D eigenvalue weighted by Crippen LogP contribution is -2.18. The van der Waals surface area contributed by atoms with Crippen LogP contribution < -0.4 is 4.90 Å². The van der Waals surface area contributed by atoms with Gasteiger partial charge in [-0.1, -0.05) is 138 Å². The molecule has 3 aliphatic rings. The maximum absolute atomic E-state index is 2.51. The van der Waals surface area contributed by atoms with E-state index in [0.717, 1.165) is 12.1 Å². The summed E-state index contributed by atoms with van der Waals surface area (Å²) in [5, 5.41) is 2.49. The van der Waals surface area contributed by atoms with Crippen LogP contribution in [0.25, 0.3) is 38.6 Å². The minimum absolute atomic E-state index is 0.0178. The molecule has 0 radical (unpaired) electrons. The van der Waals surface area contributed by atoms with E-state index in [1.807, 2.05) is 0 Å². The number of fused-ring (bicyclic) bond motifs is 7. The molecular weight excluding hydrogens is 579 g/mol. The molecule has 0 amide bonds. The van der Waals surface area contributed by atoms with Crippen LogP contribution in [0.5, 0.6) is 0 Å². The highest BCUT2D eigenvalue weighted by atomic mass is 15.1. The molecule has 0 aliphatic heterocycles. The number of anilines is 3. The first kappa shape index (κ1) is 29.0. The summed E-state index contributed by atoms with van der Waals surface area (Å²) in [4.78, 5) is 2.46. The van der Waals surface area contributed by atoms with Gasteiger partial charge in [-0.2, -0.15) is 0 Å². The molecule has 9 rings (SSSR count). The van der Waals surface area contributed by atoms with E-state index in [1.165, 1.54) is 77.8 Å². The zero-order chi connectivity index (χ0) is 32.8. The van der Waals surface area contributed by atoms with Crippen molar-refractivity contribution in [2.24, 2.45) is 5.92 Å². The lowest BCUT2D eigenvalue weighted by molar-refractivity contribution is 0.633. The second-order valence-corrected chi connectivity index (χ2v) is 15.1. The fourth-order valence-corrected chi connectivity index (χ4v) is 8.74. The van der Waals surface area contributed by atoms with E-state index in [2.05, 4.69) is 179 Å². The van der Waals surface area contributed by atoms with Gasteiger partial charge in [0.25, 0.3) is 0 Å². The second-order valence-electron chi connectivity index (χ2n) is 15.1. The van der Waals surface area contributed by atoms with E-state index in [-0.39, 0.29) is 10.8 Å². The first-order chi connectivity index (χ1) is 23.2. The van der Waals surface area contributed by atoms with Gasteiger partial charge in [-0.15, -0.1) is 0 Å². The minimum Gasteiger partial charge on any atom is -0.310 e. The summed E-state index contributed by atoms with van der Waals surface area (Å²) in [6, 6.07) is 47.7. The van der Waals surface area contributed by atoms with Crippen molar-refractivity contribution < 1.29 is 0 Å². The summed E-state index contributed by atoms with van der Waals surface area (Å²) in [5.74, 6) is 0.578. The largest absolute Gasteiger partial charge is 0.310 e. The number of hydrogen-bond acceptors (Lipinski definition) is 1. The average molecular weight is 620 g/mol. The van der Waals surface area contributed by atoms with Crippen LogP contribution >= 0.6 is 0 Å². The first-order valence-electron chi connectivity index (χ1n) is 17.4. The molecule has 0 bridgehead atoms. The van der Waals surface area contributed by atoms with Crippen molar-refractivity contribution in [2.45, 2.75) is 51.9 Å². The number of hydrogen-bond donors (Lipinski definition) is 0. The molecule has 234 valence electrons. The van der Waals surface area contributed by atoms with Gasteiger partial charge in [0.2, 0.25) is 0 Å². The highest BCUT2D eigenvalue weighted by molar-refractivity contribution is 6.00. The minimum atomic E-state index is -0.0405. The topological polar surface area (TPSA) is 3.24 Å². The average Bonchev–Trinajstić information content (AvgIpc) is 3.47. The molecule has 1 unspecified atom stereocenters. The zero-order valence-electron chi connectivity index (χ0n) is 28.5. The molecule has 1 atom stereocenters. The molecule has 6 aromatic rings. The van der Waals surface area contributed by atoms with Gasteiger partial charge in [-0.25, -0.2) is 0 Å². The smallest absolute Gasteiger partial charge is 0.0540 e. The fraction of sp³-hybridized carbons (Fsp3) is 0.191. The van der Waals surface area contributed by atoms with Crippen LogP contribution in [0.15, 0.2) is 145 Å². The van der Waals surface area contributed by atoms with Crippen molar-refractivity contribution in [3.05, 3.63) is 167 Å². The molecule has 48 heavy (non-hydrogen) atoms. The van der Waals surface area contributed by atoms with E-state index in [9.17, 15) is 0 Å². The van der Waals surface area contributed by atoms with Crippen molar-refractivity contribution in [1.29, 1.82) is 0 Å². The molecule has 0 spiro atoms. The van der Waals surface area contributed by atoms with Crippen molar-refractivity contribution in [3.63, 3.8) is 0 Å². The number of nitrogens with zero attached hydrogens (tertiary/aromatic N) is 1. The van der Waals surface area contributed by atoms with Gasteiger partial charge in [0, 0.05) is 27.6 Å². The summed E-state index contributed by atoms with van der Waals surface area (Å²) in [7, 11) is 0. The van der Waals surface area contributed by atoms with Gasteiger partial charge < -0.3 is 4.90 Å². The maximum atomic E-state index is 2.51. The predicted molar refractivity (Wildman–Crippen MR) is 204 cm³/mol. The first-order valence-corrected chi connectivity index (χ1v) is 17.4. The van der Waals surface area contributed by atoms with Crippen molar-refractivity contribution in [2.75, 3.05) is 4.90 Å². The van der Waals surface area contributed by atoms with Crippen LogP contribution in [0.3, 0.4) is 0 Å². The van der Waals surface area contributed by atoms with Gasteiger partial charge >= 0.3 is 0 Å². The third kappa shape index (κ3) is 4.23. The molecule has 1 heteroatoms. The molecule has 3 aliphatic carbocycles. The third-order valence-electron chi connectivity index (χ3n) is 11.4. The van der Waals surface area contributed by atoms with Crippen molar-refractivity contribution in [3.8, 4) is 22.3 Å². The molecular formula is C47H41N. The van der Waals surface area contributed by atoms with Gasteiger partial charge in [0.15, 0.2) is 0 Å². The SMILES string of the molecule is CC1C=C2C(=CC1)c1ccc(N(c3ccc(-c4ccc5c(c4)C(C)(C)c4ccccc4-5)cc3)c3cccc4ccccc34)cc1C2(C)C. The highest BCUT2D eigenvalue weighted by Crippen LogP contribution is 2.54. The third-order valence-corrected chi connectivity index (χ3v) is 11.4. The predicted octanol–water partition coefficient (Wildman–Crippen LogP) is 12.9. The standard InChI is InChI=1S/C47H41N/c1-30-17-24-38-40-26-23-35(29-44(40)47(4,5)42(38)27-30)48(45-16-10-12-32-11-6-7-13-36(32)45)34-21-18-31(19-22-34)33-20-25-39-37-14-8-9-15-41(37)46(2,3)43(39)28-33/h6-16,18-30H,17H2,1-5H3. The molecule has 0 aromatic heterocycles. The highest BCUT2D eigenvalue weighted by Gasteiger charge is 2.40. The van der Waals surface area contributed by atoms with Gasteiger partial charge in [-0.05, 0) is 110 Å². The summed E-state index contributed by atoms with van der Waals surface area (Å²) < 4.78 is 0. The lowest BCUT2D eigenvalue weighted by atomic mass is 9.79. The van der Waals surface area contributed by atoms with Crippen LogP contribution in [0, 0.1) is 5.92 Å². The van der Waals surface area contributed by atoms with Gasteiger partial charge in [0.05, 0.1) is 5.69 Å². The summed E-state index contributed by atoms with van der Waals surface area (Å²) >= 11 is 0. The van der Waals surface area contributed by atoms with E-state index in [4.69, 9.17) is 0 Å². The Morgan fingerprint density at radius 1 is 0.562 bits per heavy atom. The summed E-state index contributed by atoms with van der Waals surface area (Å²) in [5.41, 5.74) is 17.2. The molecule has 0 saturated heterocycles. The number of allylic oxidation sites excluding steroid dienone is 4. The fourth-order valence-electron chi connectivity index (χ4n) is 8.74. The van der Waals surface area contributed by atoms with Crippen LogP contribution in [0.1, 0.15) is 63.3 Å². The van der Waals surface area contributed by atoms with Crippen LogP contribution in [-0.4, -0.2) is 0 Å². The van der Waals surface area contributed by atoms with Crippen molar-refractivity contribution in [1.82, 2.24) is 0 Å². The maximum Gasteiger partial charge on any atom is 0.0540 e. The van der Waals surface area contributed by atoms with E-state index in [0.29, 0.717) is 5.92 Å². The molecule has 0 saturated carbocycles. The molecule has 0 heterocycles. The molecule has 6 aromatic carbocycles. The number of rotatable bonds is 4. The molecule has 0 fully saturated rings. The van der Waals surface area contributed by atoms with E-state index in [1.54, 1.807) is 0 Å².